The number of rotatable bonds is 6. The lowest BCUT2D eigenvalue weighted by Gasteiger charge is -2.32. The van der Waals surface area contributed by atoms with Crippen molar-refractivity contribution in [3.8, 4) is 0 Å². The lowest BCUT2D eigenvalue weighted by atomic mass is 9.98. The van der Waals surface area contributed by atoms with E-state index in [0.717, 1.165) is 38.0 Å². The highest BCUT2D eigenvalue weighted by atomic mass is 32.2. The van der Waals surface area contributed by atoms with Gasteiger partial charge in [-0.15, -0.1) is 0 Å². The van der Waals surface area contributed by atoms with E-state index in [-0.39, 0.29) is 0 Å². The molecular weight excluding hydrogens is 332 g/mol. The van der Waals surface area contributed by atoms with Crippen molar-refractivity contribution in [2.24, 2.45) is 5.92 Å². The Morgan fingerprint density at radius 3 is 2.52 bits per heavy atom. The first-order valence-electron chi connectivity index (χ1n) is 8.85. The summed E-state index contributed by atoms with van der Waals surface area (Å²) in [5.74, 6) is 0.359. The van der Waals surface area contributed by atoms with Gasteiger partial charge in [-0.2, -0.15) is 0 Å². The maximum Gasteiger partial charge on any atom is 0.240 e. The molecule has 1 N–H and O–H groups in total. The predicted molar refractivity (Wildman–Crippen MR) is 101 cm³/mol. The molecule has 5 heteroatoms. The van der Waals surface area contributed by atoms with Gasteiger partial charge in [0.1, 0.15) is 0 Å². The van der Waals surface area contributed by atoms with Crippen LogP contribution in [0.15, 0.2) is 59.5 Å². The van der Waals surface area contributed by atoms with Crippen LogP contribution in [0.3, 0.4) is 0 Å². The van der Waals surface area contributed by atoms with Crippen molar-refractivity contribution < 1.29 is 8.42 Å². The normalized spacial score (nSPS) is 19.0. The molecule has 2 aromatic rings. The number of aryl methyl sites for hydroxylation is 1. The molecular formula is C20H26N2O2S. The molecule has 1 heterocycles. The summed E-state index contributed by atoms with van der Waals surface area (Å²) >= 11 is 0. The third kappa shape index (κ3) is 5.14. The van der Waals surface area contributed by atoms with Crippen LogP contribution in [-0.2, 0) is 16.6 Å². The predicted octanol–water partition coefficient (Wildman–Crippen LogP) is 3.19. The summed E-state index contributed by atoms with van der Waals surface area (Å²) in [6.07, 6.45) is 2.19. The van der Waals surface area contributed by atoms with Crippen molar-refractivity contribution in [1.82, 2.24) is 9.62 Å². The fourth-order valence-electron chi connectivity index (χ4n) is 3.33. The molecule has 4 nitrogen and oxygen atoms in total. The van der Waals surface area contributed by atoms with E-state index in [9.17, 15) is 8.42 Å². The molecule has 1 atom stereocenters. The van der Waals surface area contributed by atoms with Crippen LogP contribution in [0.25, 0.3) is 0 Å². The fraction of sp³-hybridized carbons (Fsp3) is 0.400. The van der Waals surface area contributed by atoms with Crippen molar-refractivity contribution in [2.45, 2.75) is 31.2 Å². The number of likely N-dealkylation sites (tertiary alicyclic amines) is 1. The summed E-state index contributed by atoms with van der Waals surface area (Å²) in [7, 11) is -3.42. The molecule has 1 unspecified atom stereocenters. The quantitative estimate of drug-likeness (QED) is 0.863. The molecule has 1 aliphatic rings. The van der Waals surface area contributed by atoms with Gasteiger partial charge in [0.2, 0.25) is 10.0 Å². The summed E-state index contributed by atoms with van der Waals surface area (Å²) in [6.45, 7) is 5.40. The van der Waals surface area contributed by atoms with Gasteiger partial charge in [0.05, 0.1) is 4.90 Å². The SMILES string of the molecule is Cc1ccc(S(=O)(=O)NCC2CCCN(Cc3ccccc3)C2)cc1. The molecule has 0 radical (unpaired) electrons. The Kier molecular flexibility index (Phi) is 5.89. The second-order valence-corrected chi connectivity index (χ2v) is 8.66. The monoisotopic (exact) mass is 358 g/mol. The third-order valence-corrected chi connectivity index (χ3v) is 6.18. The molecule has 0 spiro atoms. The summed E-state index contributed by atoms with van der Waals surface area (Å²) in [5, 5.41) is 0. The highest BCUT2D eigenvalue weighted by molar-refractivity contribution is 7.89. The average Bonchev–Trinajstić information content (AvgIpc) is 2.62. The highest BCUT2D eigenvalue weighted by Crippen LogP contribution is 2.19. The molecule has 0 amide bonds. The van der Waals surface area contributed by atoms with Crippen molar-refractivity contribution in [3.05, 3.63) is 65.7 Å². The van der Waals surface area contributed by atoms with Crippen LogP contribution >= 0.6 is 0 Å². The van der Waals surface area contributed by atoms with Gasteiger partial charge < -0.3 is 0 Å². The van der Waals surface area contributed by atoms with Crippen LogP contribution in [-0.4, -0.2) is 33.0 Å². The second kappa shape index (κ2) is 8.13. The van der Waals surface area contributed by atoms with E-state index in [1.54, 1.807) is 12.1 Å². The van der Waals surface area contributed by atoms with Gasteiger partial charge in [0, 0.05) is 19.6 Å². The van der Waals surface area contributed by atoms with Gasteiger partial charge in [0.15, 0.2) is 0 Å². The number of nitrogens with one attached hydrogen (secondary N) is 1. The van der Waals surface area contributed by atoms with Gasteiger partial charge in [-0.3, -0.25) is 4.90 Å². The molecule has 1 saturated heterocycles. The van der Waals surface area contributed by atoms with Crippen LogP contribution in [0.4, 0.5) is 0 Å². The fourth-order valence-corrected chi connectivity index (χ4v) is 4.45. The van der Waals surface area contributed by atoms with E-state index in [2.05, 4.69) is 33.9 Å². The smallest absolute Gasteiger partial charge is 0.240 e. The zero-order chi connectivity index (χ0) is 17.7. The Balaban J connectivity index is 1.55. The zero-order valence-electron chi connectivity index (χ0n) is 14.7. The van der Waals surface area contributed by atoms with E-state index in [0.29, 0.717) is 17.4 Å². The third-order valence-electron chi connectivity index (χ3n) is 4.75. The van der Waals surface area contributed by atoms with E-state index >= 15 is 0 Å². The Morgan fingerprint density at radius 2 is 1.80 bits per heavy atom. The van der Waals surface area contributed by atoms with Gasteiger partial charge in [0.25, 0.3) is 0 Å². The van der Waals surface area contributed by atoms with E-state index in [1.165, 1.54) is 5.56 Å². The first-order chi connectivity index (χ1) is 12.0. The Hall–Kier alpha value is -1.69. The number of benzene rings is 2. The molecule has 0 aliphatic carbocycles. The van der Waals surface area contributed by atoms with Crippen molar-refractivity contribution >= 4 is 10.0 Å². The Labute approximate surface area is 150 Å². The minimum atomic E-state index is -3.42. The topological polar surface area (TPSA) is 49.4 Å². The van der Waals surface area contributed by atoms with E-state index in [1.807, 2.05) is 25.1 Å². The standard InChI is InChI=1S/C20H26N2O2S/c1-17-9-11-20(12-10-17)25(23,24)21-14-19-8-5-13-22(16-19)15-18-6-3-2-4-7-18/h2-4,6-7,9-12,19,21H,5,8,13-16H2,1H3. The average molecular weight is 359 g/mol. The maximum absolute atomic E-state index is 12.4. The van der Waals surface area contributed by atoms with Gasteiger partial charge >= 0.3 is 0 Å². The molecule has 1 aliphatic heterocycles. The molecule has 1 fully saturated rings. The van der Waals surface area contributed by atoms with Crippen LogP contribution < -0.4 is 4.72 Å². The summed E-state index contributed by atoms with van der Waals surface area (Å²) < 4.78 is 27.7. The lowest BCUT2D eigenvalue weighted by molar-refractivity contribution is 0.169. The Bertz CT molecular complexity index is 773. The first-order valence-corrected chi connectivity index (χ1v) is 10.3. The van der Waals surface area contributed by atoms with Crippen molar-refractivity contribution in [2.75, 3.05) is 19.6 Å². The number of hydrogen-bond donors (Lipinski definition) is 1. The lowest BCUT2D eigenvalue weighted by Crippen LogP contribution is -2.40. The molecule has 3 rings (SSSR count). The maximum atomic E-state index is 12.4. The zero-order valence-corrected chi connectivity index (χ0v) is 15.5. The van der Waals surface area contributed by atoms with Crippen LogP contribution in [0.1, 0.15) is 24.0 Å². The molecule has 2 aromatic carbocycles. The van der Waals surface area contributed by atoms with E-state index < -0.39 is 10.0 Å². The highest BCUT2D eigenvalue weighted by Gasteiger charge is 2.22. The molecule has 0 saturated carbocycles. The molecule has 0 aromatic heterocycles. The van der Waals surface area contributed by atoms with E-state index in [4.69, 9.17) is 0 Å². The minimum absolute atomic E-state index is 0.343. The van der Waals surface area contributed by atoms with Crippen molar-refractivity contribution in [3.63, 3.8) is 0 Å². The van der Waals surface area contributed by atoms with Gasteiger partial charge in [-0.25, -0.2) is 13.1 Å². The van der Waals surface area contributed by atoms with Crippen LogP contribution in [0.5, 0.6) is 0 Å². The largest absolute Gasteiger partial charge is 0.299 e. The second-order valence-electron chi connectivity index (χ2n) is 6.89. The van der Waals surface area contributed by atoms with Crippen LogP contribution in [0, 0.1) is 12.8 Å². The number of hydrogen-bond acceptors (Lipinski definition) is 3. The number of nitrogens with zero attached hydrogens (tertiary/aromatic N) is 1. The minimum Gasteiger partial charge on any atom is -0.299 e. The number of sulfonamides is 1. The molecule has 0 bridgehead atoms. The van der Waals surface area contributed by atoms with Gasteiger partial charge in [-0.05, 0) is 49.9 Å². The molecule has 25 heavy (non-hydrogen) atoms. The summed E-state index contributed by atoms with van der Waals surface area (Å²) in [5.41, 5.74) is 2.37. The first kappa shape index (κ1) is 18.1. The van der Waals surface area contributed by atoms with Crippen LogP contribution in [0.2, 0.25) is 0 Å². The van der Waals surface area contributed by atoms with Gasteiger partial charge in [-0.1, -0.05) is 48.0 Å². The number of piperidine rings is 1. The van der Waals surface area contributed by atoms with Crippen molar-refractivity contribution in [1.29, 1.82) is 0 Å². The summed E-state index contributed by atoms with van der Waals surface area (Å²) in [6, 6.07) is 17.4. The Morgan fingerprint density at radius 1 is 1.08 bits per heavy atom. The summed E-state index contributed by atoms with van der Waals surface area (Å²) in [4.78, 5) is 2.76. The molecule has 134 valence electrons.